The minimum Gasteiger partial charge on any atom is -0.338 e. The van der Waals surface area contributed by atoms with Crippen molar-refractivity contribution in [3.05, 3.63) is 0 Å². The van der Waals surface area contributed by atoms with Gasteiger partial charge in [0.25, 0.3) is 0 Å². The average Bonchev–Trinajstić information content (AvgIpc) is 2.09. The molecule has 13 heavy (non-hydrogen) atoms. The standard InChI is InChI=1S/C9H21N3O/c1-4-6-11-9(13)12(7-5-10)8(2)3/h8H,4-7,10H2,1-3H3,(H,11,13). The van der Waals surface area contributed by atoms with E-state index in [0.717, 1.165) is 13.0 Å². The Bertz CT molecular complexity index is 148. The zero-order chi connectivity index (χ0) is 10.3. The van der Waals surface area contributed by atoms with E-state index in [2.05, 4.69) is 5.32 Å². The van der Waals surface area contributed by atoms with Crippen LogP contribution in [0.15, 0.2) is 0 Å². The summed E-state index contributed by atoms with van der Waals surface area (Å²) in [4.78, 5) is 13.2. The van der Waals surface area contributed by atoms with Gasteiger partial charge in [0.15, 0.2) is 0 Å². The van der Waals surface area contributed by atoms with E-state index in [-0.39, 0.29) is 12.1 Å². The highest BCUT2D eigenvalue weighted by Gasteiger charge is 2.14. The zero-order valence-electron chi connectivity index (χ0n) is 8.84. The molecule has 0 aliphatic rings. The van der Waals surface area contributed by atoms with Gasteiger partial charge in [-0.1, -0.05) is 6.92 Å². The van der Waals surface area contributed by atoms with E-state index in [4.69, 9.17) is 5.73 Å². The van der Waals surface area contributed by atoms with Gasteiger partial charge in [-0.3, -0.25) is 0 Å². The molecular formula is C9H21N3O. The lowest BCUT2D eigenvalue weighted by Gasteiger charge is -2.26. The molecule has 0 aromatic rings. The van der Waals surface area contributed by atoms with E-state index in [1.165, 1.54) is 0 Å². The van der Waals surface area contributed by atoms with Crippen molar-refractivity contribution in [2.75, 3.05) is 19.6 Å². The third kappa shape index (κ3) is 4.72. The summed E-state index contributed by atoms with van der Waals surface area (Å²) >= 11 is 0. The third-order valence-corrected chi connectivity index (χ3v) is 1.78. The molecule has 0 spiro atoms. The van der Waals surface area contributed by atoms with Crippen molar-refractivity contribution in [1.29, 1.82) is 0 Å². The average molecular weight is 187 g/mol. The number of urea groups is 1. The largest absolute Gasteiger partial charge is 0.338 e. The van der Waals surface area contributed by atoms with Crippen LogP contribution in [0.2, 0.25) is 0 Å². The summed E-state index contributed by atoms with van der Waals surface area (Å²) in [6.45, 7) is 7.86. The van der Waals surface area contributed by atoms with E-state index < -0.39 is 0 Å². The Morgan fingerprint density at radius 3 is 2.54 bits per heavy atom. The summed E-state index contributed by atoms with van der Waals surface area (Å²) in [5, 5.41) is 2.83. The molecule has 3 N–H and O–H groups in total. The molecule has 78 valence electrons. The van der Waals surface area contributed by atoms with Gasteiger partial charge in [-0.2, -0.15) is 0 Å². The molecule has 0 saturated heterocycles. The van der Waals surface area contributed by atoms with Crippen molar-refractivity contribution in [3.8, 4) is 0 Å². The van der Waals surface area contributed by atoms with E-state index in [1.807, 2.05) is 20.8 Å². The molecule has 0 heterocycles. The lowest BCUT2D eigenvalue weighted by Crippen LogP contribution is -2.46. The SMILES string of the molecule is CCCNC(=O)N(CCN)C(C)C. The molecule has 0 aliphatic heterocycles. The van der Waals surface area contributed by atoms with Crippen LogP contribution in [0.25, 0.3) is 0 Å². The number of carbonyl (C=O) groups excluding carboxylic acids is 1. The van der Waals surface area contributed by atoms with Crippen molar-refractivity contribution < 1.29 is 4.79 Å². The maximum absolute atomic E-state index is 11.5. The minimum absolute atomic E-state index is 0.0118. The fourth-order valence-corrected chi connectivity index (χ4v) is 1.07. The Balaban J connectivity index is 3.96. The van der Waals surface area contributed by atoms with Gasteiger partial charge < -0.3 is 16.0 Å². The van der Waals surface area contributed by atoms with E-state index in [1.54, 1.807) is 4.90 Å². The Hall–Kier alpha value is -0.770. The number of carbonyl (C=O) groups is 1. The van der Waals surface area contributed by atoms with Crippen LogP contribution in [0.1, 0.15) is 27.2 Å². The number of hydrogen-bond donors (Lipinski definition) is 2. The number of rotatable bonds is 5. The van der Waals surface area contributed by atoms with Gasteiger partial charge in [0, 0.05) is 25.7 Å². The Morgan fingerprint density at radius 2 is 2.15 bits per heavy atom. The molecule has 4 nitrogen and oxygen atoms in total. The second kappa shape index (κ2) is 6.71. The van der Waals surface area contributed by atoms with Gasteiger partial charge in [-0.05, 0) is 20.3 Å². The summed E-state index contributed by atoms with van der Waals surface area (Å²) in [5.41, 5.74) is 5.41. The lowest BCUT2D eigenvalue weighted by molar-refractivity contribution is 0.185. The van der Waals surface area contributed by atoms with Crippen LogP contribution in [0.4, 0.5) is 4.79 Å². The lowest BCUT2D eigenvalue weighted by atomic mass is 10.3. The summed E-state index contributed by atoms with van der Waals surface area (Å²) in [6.07, 6.45) is 0.959. The predicted molar refractivity (Wildman–Crippen MR) is 54.6 cm³/mol. The number of hydrogen-bond acceptors (Lipinski definition) is 2. The first-order valence-electron chi connectivity index (χ1n) is 4.88. The molecule has 0 fully saturated rings. The minimum atomic E-state index is -0.0118. The molecule has 0 aromatic heterocycles. The molecule has 4 heteroatoms. The fourth-order valence-electron chi connectivity index (χ4n) is 1.07. The first-order chi connectivity index (χ1) is 6.13. The molecule has 2 amide bonds. The van der Waals surface area contributed by atoms with Gasteiger partial charge in [-0.25, -0.2) is 4.79 Å². The van der Waals surface area contributed by atoms with Gasteiger partial charge in [0.2, 0.25) is 0 Å². The predicted octanol–water partition coefficient (Wildman–Crippen LogP) is 0.775. The molecular weight excluding hydrogens is 166 g/mol. The summed E-state index contributed by atoms with van der Waals surface area (Å²) < 4.78 is 0. The summed E-state index contributed by atoms with van der Waals surface area (Å²) in [5.74, 6) is 0. The van der Waals surface area contributed by atoms with Crippen molar-refractivity contribution in [1.82, 2.24) is 10.2 Å². The van der Waals surface area contributed by atoms with Crippen LogP contribution in [0.3, 0.4) is 0 Å². The molecule has 0 rings (SSSR count). The molecule has 0 aliphatic carbocycles. The van der Waals surface area contributed by atoms with Crippen LogP contribution >= 0.6 is 0 Å². The first-order valence-corrected chi connectivity index (χ1v) is 4.88. The quantitative estimate of drug-likeness (QED) is 0.668. The van der Waals surface area contributed by atoms with Crippen LogP contribution in [0, 0.1) is 0 Å². The van der Waals surface area contributed by atoms with Gasteiger partial charge >= 0.3 is 6.03 Å². The maximum Gasteiger partial charge on any atom is 0.317 e. The van der Waals surface area contributed by atoms with Gasteiger partial charge in [0.05, 0.1) is 0 Å². The normalized spacial score (nSPS) is 10.2. The number of nitrogens with two attached hydrogens (primary N) is 1. The Morgan fingerprint density at radius 1 is 1.54 bits per heavy atom. The van der Waals surface area contributed by atoms with Crippen molar-refractivity contribution >= 4 is 6.03 Å². The zero-order valence-corrected chi connectivity index (χ0v) is 8.84. The van der Waals surface area contributed by atoms with Crippen molar-refractivity contribution in [3.63, 3.8) is 0 Å². The second-order valence-corrected chi connectivity index (χ2v) is 3.31. The van der Waals surface area contributed by atoms with Gasteiger partial charge in [-0.15, -0.1) is 0 Å². The summed E-state index contributed by atoms with van der Waals surface area (Å²) in [7, 11) is 0. The maximum atomic E-state index is 11.5. The highest BCUT2D eigenvalue weighted by Crippen LogP contribution is 1.97. The van der Waals surface area contributed by atoms with Crippen molar-refractivity contribution in [2.24, 2.45) is 5.73 Å². The summed E-state index contributed by atoms with van der Waals surface area (Å²) in [6, 6.07) is 0.197. The monoisotopic (exact) mass is 187 g/mol. The van der Waals surface area contributed by atoms with Crippen LogP contribution < -0.4 is 11.1 Å². The van der Waals surface area contributed by atoms with Crippen LogP contribution in [0.5, 0.6) is 0 Å². The van der Waals surface area contributed by atoms with E-state index in [9.17, 15) is 4.79 Å². The highest BCUT2D eigenvalue weighted by molar-refractivity contribution is 5.74. The smallest absolute Gasteiger partial charge is 0.317 e. The molecule has 0 saturated carbocycles. The molecule has 0 bridgehead atoms. The third-order valence-electron chi connectivity index (χ3n) is 1.78. The van der Waals surface area contributed by atoms with Crippen LogP contribution in [-0.2, 0) is 0 Å². The molecule has 0 radical (unpaired) electrons. The molecule has 0 atom stereocenters. The highest BCUT2D eigenvalue weighted by atomic mass is 16.2. The second-order valence-electron chi connectivity index (χ2n) is 3.31. The number of nitrogens with zero attached hydrogens (tertiary/aromatic N) is 1. The first kappa shape index (κ1) is 12.2. The van der Waals surface area contributed by atoms with Crippen LogP contribution in [-0.4, -0.2) is 36.6 Å². The molecule has 0 aromatic carbocycles. The number of amides is 2. The fraction of sp³-hybridized carbons (Fsp3) is 0.889. The van der Waals surface area contributed by atoms with E-state index >= 15 is 0 Å². The van der Waals surface area contributed by atoms with E-state index in [0.29, 0.717) is 13.1 Å². The Kier molecular flexibility index (Phi) is 6.32. The Labute approximate surface area is 80.5 Å². The topological polar surface area (TPSA) is 58.4 Å². The number of nitrogens with one attached hydrogen (secondary N) is 1. The molecule has 0 unspecified atom stereocenters. The van der Waals surface area contributed by atoms with Crippen molar-refractivity contribution in [2.45, 2.75) is 33.2 Å². The van der Waals surface area contributed by atoms with Gasteiger partial charge in [0.1, 0.15) is 0 Å².